The predicted molar refractivity (Wildman–Crippen MR) is 124 cm³/mol. The van der Waals surface area contributed by atoms with Crippen molar-refractivity contribution in [2.75, 3.05) is 32.3 Å². The molecule has 1 fully saturated rings. The smallest absolute Gasteiger partial charge is 0.265 e. The maximum atomic E-state index is 12.6. The van der Waals surface area contributed by atoms with Gasteiger partial charge in [-0.3, -0.25) is 9.59 Å². The molecule has 0 spiro atoms. The minimum absolute atomic E-state index is 0.0125. The number of hydrogen-bond donors (Lipinski definition) is 1. The molecule has 31 heavy (non-hydrogen) atoms. The molecule has 0 unspecified atom stereocenters. The number of ether oxygens (including phenoxy) is 3. The standard InChI is InChI=1S/C22H20N2O5S2/c1-27-15-7-14(8-16(11-15)28-2)5-6-24-17-9-13(3-4-18(17)29-12-20(24)25)10-19-21(26)23-22(30)31-19/h3-4,7-11H,5-6,12H2,1-2H3,(H,23,26,30)/b19-10-. The molecule has 0 atom stereocenters. The first-order chi connectivity index (χ1) is 15.0. The van der Waals surface area contributed by atoms with Crippen LogP contribution in [0.15, 0.2) is 41.3 Å². The van der Waals surface area contributed by atoms with Gasteiger partial charge >= 0.3 is 0 Å². The summed E-state index contributed by atoms with van der Waals surface area (Å²) >= 11 is 6.26. The van der Waals surface area contributed by atoms with Crippen LogP contribution >= 0.6 is 24.0 Å². The molecule has 1 saturated heterocycles. The molecule has 160 valence electrons. The third-order valence-corrected chi connectivity index (χ3v) is 6.06. The minimum Gasteiger partial charge on any atom is -0.497 e. The van der Waals surface area contributed by atoms with E-state index in [1.54, 1.807) is 31.3 Å². The van der Waals surface area contributed by atoms with E-state index in [0.29, 0.717) is 45.1 Å². The van der Waals surface area contributed by atoms with Crippen LogP contribution in [0.4, 0.5) is 5.69 Å². The van der Waals surface area contributed by atoms with Crippen LogP contribution in [0.25, 0.3) is 6.08 Å². The van der Waals surface area contributed by atoms with Crippen molar-refractivity contribution >= 4 is 51.9 Å². The number of anilines is 1. The summed E-state index contributed by atoms with van der Waals surface area (Å²) < 4.78 is 16.7. The zero-order valence-electron chi connectivity index (χ0n) is 17.0. The molecule has 2 amide bonds. The maximum Gasteiger partial charge on any atom is 0.265 e. The Morgan fingerprint density at radius 3 is 2.55 bits per heavy atom. The predicted octanol–water partition coefficient (Wildman–Crippen LogP) is 3.16. The number of thiocarbonyl (C=S) groups is 1. The first-order valence-electron chi connectivity index (χ1n) is 9.51. The van der Waals surface area contributed by atoms with Crippen LogP contribution < -0.4 is 24.4 Å². The number of carbonyl (C=O) groups is 2. The molecule has 2 aliphatic rings. The monoisotopic (exact) mass is 456 g/mol. The summed E-state index contributed by atoms with van der Waals surface area (Å²) in [5.74, 6) is 1.68. The van der Waals surface area contributed by atoms with Crippen molar-refractivity contribution in [1.82, 2.24) is 5.32 Å². The first kappa shape index (κ1) is 21.2. The van der Waals surface area contributed by atoms with Gasteiger partial charge in [0.25, 0.3) is 11.8 Å². The fourth-order valence-electron chi connectivity index (χ4n) is 3.38. The average Bonchev–Trinajstić information content (AvgIpc) is 3.09. The molecule has 2 heterocycles. The lowest BCUT2D eigenvalue weighted by Crippen LogP contribution is -2.40. The van der Waals surface area contributed by atoms with Crippen LogP contribution in [0.5, 0.6) is 17.2 Å². The van der Waals surface area contributed by atoms with Crippen molar-refractivity contribution in [2.24, 2.45) is 0 Å². The second-order valence-corrected chi connectivity index (χ2v) is 8.60. The molecule has 0 bridgehead atoms. The van der Waals surface area contributed by atoms with Crippen molar-refractivity contribution in [3.05, 3.63) is 52.4 Å². The van der Waals surface area contributed by atoms with E-state index in [9.17, 15) is 9.59 Å². The van der Waals surface area contributed by atoms with Crippen LogP contribution in [0.3, 0.4) is 0 Å². The van der Waals surface area contributed by atoms with Gasteiger partial charge in [0.15, 0.2) is 6.61 Å². The highest BCUT2D eigenvalue weighted by Crippen LogP contribution is 2.35. The number of fused-ring (bicyclic) bond motifs is 1. The molecule has 0 saturated carbocycles. The highest BCUT2D eigenvalue weighted by atomic mass is 32.2. The molecule has 2 aliphatic heterocycles. The Morgan fingerprint density at radius 1 is 1.16 bits per heavy atom. The van der Waals surface area contributed by atoms with Crippen LogP contribution in [0.2, 0.25) is 0 Å². The second kappa shape index (κ2) is 8.99. The third kappa shape index (κ3) is 4.67. The maximum absolute atomic E-state index is 12.6. The summed E-state index contributed by atoms with van der Waals surface area (Å²) in [4.78, 5) is 26.8. The lowest BCUT2D eigenvalue weighted by Gasteiger charge is -2.29. The number of methoxy groups -OCH3 is 2. The van der Waals surface area contributed by atoms with E-state index < -0.39 is 0 Å². The highest BCUT2D eigenvalue weighted by molar-refractivity contribution is 8.26. The Kier molecular flexibility index (Phi) is 6.15. The first-order valence-corrected chi connectivity index (χ1v) is 10.7. The summed E-state index contributed by atoms with van der Waals surface area (Å²) in [6.45, 7) is 0.451. The Balaban J connectivity index is 1.59. The lowest BCUT2D eigenvalue weighted by molar-refractivity contribution is -0.121. The zero-order valence-corrected chi connectivity index (χ0v) is 18.6. The number of nitrogens with one attached hydrogen (secondary N) is 1. The van der Waals surface area contributed by atoms with Gasteiger partial charge in [-0.2, -0.15) is 0 Å². The van der Waals surface area contributed by atoms with Crippen LogP contribution in [-0.4, -0.2) is 43.5 Å². The molecule has 0 aliphatic carbocycles. The molecular formula is C22H20N2O5S2. The fourth-order valence-corrected chi connectivity index (χ4v) is 4.42. The third-order valence-electron chi connectivity index (χ3n) is 4.90. The van der Waals surface area contributed by atoms with Gasteiger partial charge in [-0.15, -0.1) is 0 Å². The lowest BCUT2D eigenvalue weighted by atomic mass is 10.1. The quantitative estimate of drug-likeness (QED) is 0.529. The van der Waals surface area contributed by atoms with Gasteiger partial charge in [0.05, 0.1) is 24.8 Å². The van der Waals surface area contributed by atoms with E-state index in [1.165, 1.54) is 11.8 Å². The van der Waals surface area contributed by atoms with Crippen molar-refractivity contribution in [2.45, 2.75) is 6.42 Å². The summed E-state index contributed by atoms with van der Waals surface area (Å²) in [7, 11) is 3.21. The number of amides is 2. The molecule has 4 rings (SSSR count). The number of thioether (sulfide) groups is 1. The molecular weight excluding hydrogens is 436 g/mol. The second-order valence-electron chi connectivity index (χ2n) is 6.88. The van der Waals surface area contributed by atoms with Crippen molar-refractivity contribution < 1.29 is 23.8 Å². The summed E-state index contributed by atoms with van der Waals surface area (Å²) in [6.07, 6.45) is 2.36. The van der Waals surface area contributed by atoms with Gasteiger partial charge in [-0.25, -0.2) is 0 Å². The summed E-state index contributed by atoms with van der Waals surface area (Å²) in [5, 5.41) is 2.60. The zero-order chi connectivity index (χ0) is 22.0. The number of benzene rings is 2. The van der Waals surface area contributed by atoms with Crippen molar-refractivity contribution in [1.29, 1.82) is 0 Å². The topological polar surface area (TPSA) is 77.1 Å². The molecule has 0 radical (unpaired) electrons. The Morgan fingerprint density at radius 2 is 1.90 bits per heavy atom. The van der Waals surface area contributed by atoms with E-state index in [-0.39, 0.29) is 18.4 Å². The van der Waals surface area contributed by atoms with Crippen LogP contribution in [-0.2, 0) is 16.0 Å². The van der Waals surface area contributed by atoms with E-state index in [1.807, 2.05) is 30.3 Å². The van der Waals surface area contributed by atoms with Gasteiger partial charge < -0.3 is 24.4 Å². The largest absolute Gasteiger partial charge is 0.497 e. The SMILES string of the molecule is COc1cc(CCN2C(=O)COc3ccc(/C=C4\SC(=S)NC4=O)cc32)cc(OC)c1. The molecule has 9 heteroatoms. The number of rotatable bonds is 6. The number of carbonyl (C=O) groups excluding carboxylic acids is 2. The van der Waals surface area contributed by atoms with Crippen LogP contribution in [0.1, 0.15) is 11.1 Å². The fraction of sp³-hybridized carbons (Fsp3) is 0.227. The normalized spacial score (nSPS) is 16.8. The van der Waals surface area contributed by atoms with Gasteiger partial charge in [0, 0.05) is 12.6 Å². The van der Waals surface area contributed by atoms with Gasteiger partial charge in [0.1, 0.15) is 21.6 Å². The van der Waals surface area contributed by atoms with Crippen molar-refractivity contribution in [3.8, 4) is 17.2 Å². The highest BCUT2D eigenvalue weighted by Gasteiger charge is 2.26. The molecule has 2 aromatic carbocycles. The van der Waals surface area contributed by atoms with Crippen molar-refractivity contribution in [3.63, 3.8) is 0 Å². The Labute approximate surface area is 189 Å². The van der Waals surface area contributed by atoms with Gasteiger partial charge in [-0.1, -0.05) is 30.0 Å². The van der Waals surface area contributed by atoms with Gasteiger partial charge in [0.2, 0.25) is 0 Å². The minimum atomic E-state index is -0.219. The average molecular weight is 457 g/mol. The molecule has 0 aromatic heterocycles. The summed E-state index contributed by atoms with van der Waals surface area (Å²) in [6, 6.07) is 11.2. The molecule has 7 nitrogen and oxygen atoms in total. The number of nitrogens with zero attached hydrogens (tertiary/aromatic N) is 1. The molecule has 2 aromatic rings. The van der Waals surface area contributed by atoms with E-state index in [2.05, 4.69) is 5.32 Å². The summed E-state index contributed by atoms with van der Waals surface area (Å²) in [5.41, 5.74) is 2.45. The molecule has 1 N–H and O–H groups in total. The van der Waals surface area contributed by atoms with E-state index in [0.717, 1.165) is 11.1 Å². The Bertz CT molecular complexity index is 1080. The van der Waals surface area contributed by atoms with E-state index >= 15 is 0 Å². The van der Waals surface area contributed by atoms with Gasteiger partial charge in [-0.05, 0) is 47.9 Å². The Hall–Kier alpha value is -3.04. The number of hydrogen-bond acceptors (Lipinski definition) is 7. The van der Waals surface area contributed by atoms with E-state index in [4.69, 9.17) is 26.4 Å². The van der Waals surface area contributed by atoms with Crippen LogP contribution in [0, 0.1) is 0 Å².